The summed E-state index contributed by atoms with van der Waals surface area (Å²) in [4.78, 5) is 0. The smallest absolute Gasteiger partial charge is 0.0159 e. The number of hydrogen-bond donors (Lipinski definition) is 0. The molecule has 2 rings (SSSR count). The van der Waals surface area contributed by atoms with Crippen LogP contribution in [0.5, 0.6) is 0 Å². The molecule has 0 aromatic heterocycles. The van der Waals surface area contributed by atoms with E-state index in [1.165, 1.54) is 75.3 Å². The second-order valence-corrected chi connectivity index (χ2v) is 8.94. The van der Waals surface area contributed by atoms with Crippen molar-refractivity contribution in [1.82, 2.24) is 0 Å². The van der Waals surface area contributed by atoms with E-state index in [1.807, 2.05) is 12.2 Å². The Morgan fingerprint density at radius 3 is 1.53 bits per heavy atom. The van der Waals surface area contributed by atoms with Crippen molar-refractivity contribution in [1.29, 1.82) is 0 Å². The van der Waals surface area contributed by atoms with Crippen LogP contribution in [0, 0.1) is 0 Å². The van der Waals surface area contributed by atoms with E-state index >= 15 is 0 Å². The lowest BCUT2D eigenvalue weighted by molar-refractivity contribution is 0.531. The quantitative estimate of drug-likeness (QED) is 0.183. The number of rotatable bonds is 16. The predicted octanol–water partition coefficient (Wildman–Crippen LogP) is 10.6. The van der Waals surface area contributed by atoms with Gasteiger partial charge in [0, 0.05) is 0 Å². The fraction of sp³-hybridized carbons (Fsp3) is 0.500. The highest BCUT2D eigenvalue weighted by Gasteiger charge is 2.10. The molecular weight excluding hydrogens is 384 g/mol. The number of allylic oxidation sites excluding steroid dienone is 2. The highest BCUT2D eigenvalue weighted by Crippen LogP contribution is 2.28. The Kier molecular flexibility index (Phi) is 17.1. The normalized spacial score (nSPS) is 12.3. The van der Waals surface area contributed by atoms with Gasteiger partial charge in [-0.15, -0.1) is 13.2 Å². The van der Waals surface area contributed by atoms with Crippen molar-refractivity contribution in [3.63, 3.8) is 0 Å². The lowest BCUT2D eigenvalue weighted by atomic mass is 9.89. The molecule has 0 heteroatoms. The maximum Gasteiger partial charge on any atom is -0.0159 e. The molecule has 2 aromatic carbocycles. The maximum absolute atomic E-state index is 3.82. The minimum absolute atomic E-state index is 0.728. The minimum atomic E-state index is 0.728. The average Bonchev–Trinajstić information content (AvgIpc) is 2.85. The molecule has 0 aliphatic carbocycles. The van der Waals surface area contributed by atoms with Gasteiger partial charge in [0.2, 0.25) is 0 Å². The Balaban J connectivity index is 0.000000320. The fourth-order valence-electron chi connectivity index (χ4n) is 4.32. The zero-order valence-electron chi connectivity index (χ0n) is 21.0. The van der Waals surface area contributed by atoms with Gasteiger partial charge in [-0.3, -0.25) is 0 Å². The number of hydrogen-bond acceptors (Lipinski definition) is 0. The van der Waals surface area contributed by atoms with E-state index in [0.29, 0.717) is 0 Å². The van der Waals surface area contributed by atoms with Crippen molar-refractivity contribution >= 4 is 0 Å². The zero-order valence-corrected chi connectivity index (χ0v) is 21.0. The molecule has 0 spiro atoms. The highest BCUT2D eigenvalue weighted by molar-refractivity contribution is 5.20. The third-order valence-corrected chi connectivity index (χ3v) is 6.28. The molecule has 0 fully saturated rings. The molecular formula is C32H48. The van der Waals surface area contributed by atoms with Crippen LogP contribution in [-0.2, 0) is 0 Å². The van der Waals surface area contributed by atoms with E-state index in [0.717, 1.165) is 24.7 Å². The molecule has 0 nitrogen and oxygen atoms in total. The number of unbranched alkanes of at least 4 members (excludes halogenated alkanes) is 4. The molecule has 0 N–H and O–H groups in total. The molecule has 176 valence electrons. The maximum atomic E-state index is 3.82. The first-order chi connectivity index (χ1) is 15.8. The van der Waals surface area contributed by atoms with Gasteiger partial charge >= 0.3 is 0 Å². The summed E-state index contributed by atoms with van der Waals surface area (Å²) < 4.78 is 0. The Morgan fingerprint density at radius 2 is 1.03 bits per heavy atom. The van der Waals surface area contributed by atoms with Crippen molar-refractivity contribution in [2.24, 2.45) is 0 Å². The topological polar surface area (TPSA) is 0 Å². The van der Waals surface area contributed by atoms with E-state index in [1.54, 1.807) is 0 Å². The summed E-state index contributed by atoms with van der Waals surface area (Å²) in [6.45, 7) is 12.1. The molecule has 0 saturated heterocycles. The molecule has 32 heavy (non-hydrogen) atoms. The molecule has 2 aromatic rings. The summed E-state index contributed by atoms with van der Waals surface area (Å²) in [5, 5.41) is 0. The van der Waals surface area contributed by atoms with E-state index in [2.05, 4.69) is 87.7 Å². The monoisotopic (exact) mass is 432 g/mol. The van der Waals surface area contributed by atoms with Crippen molar-refractivity contribution in [2.75, 3.05) is 0 Å². The standard InChI is InChI=1S/2C16H24/c2*1-3-5-8-12-15(11-6-4-2)16-13-9-7-10-14-16/h4,7,9-10,13-15H,2-3,5-6,8,11-12H2,1H3;3,7,9-10,13-15H,1,4-6,8,11-12H2,2H3. The van der Waals surface area contributed by atoms with Gasteiger partial charge < -0.3 is 0 Å². The van der Waals surface area contributed by atoms with Crippen LogP contribution >= 0.6 is 0 Å². The Bertz CT molecular complexity index is 670. The third-order valence-electron chi connectivity index (χ3n) is 6.28. The fourth-order valence-corrected chi connectivity index (χ4v) is 4.32. The van der Waals surface area contributed by atoms with Crippen LogP contribution in [0.15, 0.2) is 86.0 Å². The van der Waals surface area contributed by atoms with Crippen LogP contribution in [0.3, 0.4) is 0 Å². The van der Waals surface area contributed by atoms with Gasteiger partial charge in [0.1, 0.15) is 0 Å². The van der Waals surface area contributed by atoms with E-state index in [4.69, 9.17) is 0 Å². The van der Waals surface area contributed by atoms with Crippen LogP contribution in [-0.4, -0.2) is 0 Å². The first-order valence-electron chi connectivity index (χ1n) is 13.1. The molecule has 0 amide bonds. The van der Waals surface area contributed by atoms with Crippen molar-refractivity contribution in [2.45, 2.75) is 103 Å². The van der Waals surface area contributed by atoms with Gasteiger partial charge in [0.05, 0.1) is 0 Å². The van der Waals surface area contributed by atoms with Crippen molar-refractivity contribution < 1.29 is 0 Å². The van der Waals surface area contributed by atoms with Crippen molar-refractivity contribution in [3.05, 3.63) is 97.1 Å². The summed E-state index contributed by atoms with van der Waals surface area (Å²) in [6, 6.07) is 21.9. The minimum Gasteiger partial charge on any atom is -0.103 e. The molecule has 0 bridgehead atoms. The summed E-state index contributed by atoms with van der Waals surface area (Å²) in [7, 11) is 0. The van der Waals surface area contributed by atoms with Gasteiger partial charge in [0.15, 0.2) is 0 Å². The van der Waals surface area contributed by atoms with Gasteiger partial charge in [0.25, 0.3) is 0 Å². The lowest BCUT2D eigenvalue weighted by Gasteiger charge is -2.16. The molecule has 0 saturated carbocycles. The van der Waals surface area contributed by atoms with Crippen LogP contribution < -0.4 is 0 Å². The van der Waals surface area contributed by atoms with Gasteiger partial charge in [-0.05, 0) is 67.9 Å². The summed E-state index contributed by atoms with van der Waals surface area (Å²) in [5.41, 5.74) is 3.01. The molecule has 0 radical (unpaired) electrons. The van der Waals surface area contributed by atoms with Crippen LogP contribution in [0.25, 0.3) is 0 Å². The highest BCUT2D eigenvalue weighted by atomic mass is 14.2. The first-order valence-corrected chi connectivity index (χ1v) is 13.1. The van der Waals surface area contributed by atoms with Crippen LogP contribution in [0.2, 0.25) is 0 Å². The Morgan fingerprint density at radius 1 is 0.562 bits per heavy atom. The summed E-state index contributed by atoms with van der Waals surface area (Å²) in [5.74, 6) is 1.48. The molecule has 2 atom stereocenters. The van der Waals surface area contributed by atoms with E-state index < -0.39 is 0 Å². The van der Waals surface area contributed by atoms with E-state index in [9.17, 15) is 0 Å². The van der Waals surface area contributed by atoms with E-state index in [-0.39, 0.29) is 0 Å². The first kappa shape index (κ1) is 28.0. The second kappa shape index (κ2) is 19.6. The lowest BCUT2D eigenvalue weighted by Crippen LogP contribution is -1.98. The van der Waals surface area contributed by atoms with Crippen LogP contribution in [0.4, 0.5) is 0 Å². The largest absolute Gasteiger partial charge is 0.103 e. The Labute approximate surface area is 199 Å². The zero-order chi connectivity index (χ0) is 23.3. The second-order valence-electron chi connectivity index (χ2n) is 8.94. The summed E-state index contributed by atoms with van der Waals surface area (Å²) >= 11 is 0. The van der Waals surface area contributed by atoms with Gasteiger partial charge in [-0.1, -0.05) is 119 Å². The van der Waals surface area contributed by atoms with Gasteiger partial charge in [-0.25, -0.2) is 0 Å². The van der Waals surface area contributed by atoms with Crippen molar-refractivity contribution in [3.8, 4) is 0 Å². The van der Waals surface area contributed by atoms with Gasteiger partial charge in [-0.2, -0.15) is 0 Å². The third kappa shape index (κ3) is 12.7. The average molecular weight is 433 g/mol. The number of benzene rings is 2. The molecule has 0 aliphatic rings. The SMILES string of the molecule is C=CCCC(CCCCC)c1ccccc1.C=CCCCC(CCCC)c1ccccc1. The van der Waals surface area contributed by atoms with Crippen LogP contribution in [0.1, 0.15) is 114 Å². The predicted molar refractivity (Wildman–Crippen MR) is 146 cm³/mol. The summed E-state index contributed by atoms with van der Waals surface area (Å²) in [6.07, 6.45) is 19.5. The molecule has 0 aliphatic heterocycles. The molecule has 0 heterocycles. The Hall–Kier alpha value is -2.08. The molecule has 2 unspecified atom stereocenters.